The summed E-state index contributed by atoms with van der Waals surface area (Å²) in [5, 5.41) is 9.30. The topological polar surface area (TPSA) is 16.4 Å². The summed E-state index contributed by atoms with van der Waals surface area (Å²) < 4.78 is 6.80. The maximum Gasteiger partial charge on any atom is 0.136 e. The first-order chi connectivity index (χ1) is 33.8. The van der Waals surface area contributed by atoms with Crippen molar-refractivity contribution in [2.24, 2.45) is 0 Å². The summed E-state index contributed by atoms with van der Waals surface area (Å²) in [6.07, 6.45) is 0. The Labute approximate surface area is 397 Å². The standard InChI is InChI=1S/C65H43NOSi/c1-5-18-45(19-6-1)65(46-20-7-2-8-21-46)55-29-15-13-26-52(55)53-39-38-49(42-56(53)65)66(47-22-9-3-10-23-47)48-36-32-43(33-37-48)51-28-17-30-57-62(51)64-58(67-57)40-34-44-35-41-60-63(61(44)64)54-27-14-16-31-59(54)68(60)50-24-11-4-12-25-50/h1-42,68H. The smallest absolute Gasteiger partial charge is 0.136 e. The van der Waals surface area contributed by atoms with Gasteiger partial charge in [-0.15, -0.1) is 0 Å². The lowest BCUT2D eigenvalue weighted by molar-refractivity contribution is 0.669. The van der Waals surface area contributed by atoms with E-state index in [0.717, 1.165) is 44.7 Å². The van der Waals surface area contributed by atoms with Crippen LogP contribution in [0, 0.1) is 0 Å². The second-order valence-electron chi connectivity index (χ2n) is 18.3. The highest BCUT2D eigenvalue weighted by atomic mass is 28.3. The molecule has 1 aliphatic carbocycles. The predicted molar refractivity (Wildman–Crippen MR) is 287 cm³/mol. The largest absolute Gasteiger partial charge is 0.456 e. The summed E-state index contributed by atoms with van der Waals surface area (Å²) in [6.45, 7) is 0. The minimum absolute atomic E-state index is 0.500. The fourth-order valence-electron chi connectivity index (χ4n) is 12.0. The molecule has 2 aliphatic rings. The number of fused-ring (bicyclic) bond motifs is 12. The summed E-state index contributed by atoms with van der Waals surface area (Å²) in [7, 11) is -1.70. The Morgan fingerprint density at radius 1 is 0.353 bits per heavy atom. The van der Waals surface area contributed by atoms with Crippen molar-refractivity contribution in [1.82, 2.24) is 0 Å². The Morgan fingerprint density at radius 3 is 1.68 bits per heavy atom. The van der Waals surface area contributed by atoms with Gasteiger partial charge in [0.1, 0.15) is 20.0 Å². The Kier molecular flexibility index (Phi) is 8.70. The summed E-state index contributed by atoms with van der Waals surface area (Å²) in [6, 6.07) is 94.1. The van der Waals surface area contributed by atoms with Gasteiger partial charge in [-0.3, -0.25) is 0 Å². The van der Waals surface area contributed by atoms with Crippen molar-refractivity contribution in [3.8, 4) is 33.4 Å². The molecule has 0 amide bonds. The number of rotatable bonds is 7. The fourth-order valence-corrected chi connectivity index (χ4v) is 15.4. The van der Waals surface area contributed by atoms with Crippen molar-refractivity contribution in [2.45, 2.75) is 5.41 Å². The molecule has 2 nitrogen and oxygen atoms in total. The van der Waals surface area contributed by atoms with Crippen molar-refractivity contribution in [2.75, 3.05) is 4.90 Å². The van der Waals surface area contributed by atoms with E-state index in [-0.39, 0.29) is 0 Å². The first-order valence-electron chi connectivity index (χ1n) is 23.6. The number of hydrogen-bond acceptors (Lipinski definition) is 2. The lowest BCUT2D eigenvalue weighted by Crippen LogP contribution is -2.48. The lowest BCUT2D eigenvalue weighted by Gasteiger charge is -2.35. The van der Waals surface area contributed by atoms with E-state index in [1.54, 1.807) is 0 Å². The summed E-state index contributed by atoms with van der Waals surface area (Å²) in [5.74, 6) is 0. The van der Waals surface area contributed by atoms with Crippen molar-refractivity contribution < 1.29 is 4.42 Å². The van der Waals surface area contributed by atoms with Crippen molar-refractivity contribution >= 4 is 74.1 Å². The number of anilines is 3. The third-order valence-corrected chi connectivity index (χ3v) is 18.1. The molecule has 68 heavy (non-hydrogen) atoms. The number of furan rings is 1. The van der Waals surface area contributed by atoms with E-state index < -0.39 is 14.2 Å². The number of nitrogens with zero attached hydrogens (tertiary/aromatic N) is 1. The molecule has 3 heteroatoms. The summed E-state index contributed by atoms with van der Waals surface area (Å²) in [4.78, 5) is 2.41. The van der Waals surface area contributed by atoms with Crippen LogP contribution in [0.15, 0.2) is 259 Å². The average molecular weight is 882 g/mol. The van der Waals surface area contributed by atoms with Gasteiger partial charge in [-0.25, -0.2) is 0 Å². The highest BCUT2D eigenvalue weighted by Gasteiger charge is 2.46. The normalized spacial score (nSPS) is 14.1. The minimum atomic E-state index is -1.70. The van der Waals surface area contributed by atoms with Crippen LogP contribution in [0.2, 0.25) is 0 Å². The van der Waals surface area contributed by atoms with E-state index in [2.05, 4.69) is 260 Å². The number of benzene rings is 11. The third-order valence-electron chi connectivity index (χ3n) is 14.8. The van der Waals surface area contributed by atoms with Crippen LogP contribution in [0.25, 0.3) is 66.1 Å². The van der Waals surface area contributed by atoms with Crippen LogP contribution in [0.5, 0.6) is 0 Å². The maximum absolute atomic E-state index is 6.80. The molecule has 11 aromatic carbocycles. The quantitative estimate of drug-likeness (QED) is 0.148. The molecule has 1 atom stereocenters. The maximum atomic E-state index is 6.80. The number of hydrogen-bond donors (Lipinski definition) is 0. The molecule has 2 heterocycles. The van der Waals surface area contributed by atoms with E-state index in [4.69, 9.17) is 4.42 Å². The summed E-state index contributed by atoms with van der Waals surface area (Å²) >= 11 is 0. The third kappa shape index (κ3) is 5.63. The monoisotopic (exact) mass is 881 g/mol. The van der Waals surface area contributed by atoms with Gasteiger partial charge >= 0.3 is 0 Å². The van der Waals surface area contributed by atoms with Crippen molar-refractivity contribution in [3.05, 3.63) is 277 Å². The Hall–Kier alpha value is -8.50. The predicted octanol–water partition coefficient (Wildman–Crippen LogP) is 14.5. The number of para-hydroxylation sites is 1. The van der Waals surface area contributed by atoms with Crippen LogP contribution in [0.1, 0.15) is 22.3 Å². The van der Waals surface area contributed by atoms with Crippen molar-refractivity contribution in [1.29, 1.82) is 0 Å². The molecule has 0 bridgehead atoms. The van der Waals surface area contributed by atoms with Gasteiger partial charge in [0.2, 0.25) is 0 Å². The van der Waals surface area contributed by atoms with E-state index in [0.29, 0.717) is 0 Å². The van der Waals surface area contributed by atoms with Gasteiger partial charge in [0, 0.05) is 33.2 Å². The van der Waals surface area contributed by atoms with E-state index >= 15 is 0 Å². The second-order valence-corrected chi connectivity index (χ2v) is 21.0. The molecule has 1 unspecified atom stereocenters. The van der Waals surface area contributed by atoms with Gasteiger partial charge in [0.25, 0.3) is 0 Å². The van der Waals surface area contributed by atoms with Crippen LogP contribution in [0.4, 0.5) is 17.1 Å². The molecule has 0 radical (unpaired) electrons. The molecule has 0 N–H and O–H groups in total. The van der Waals surface area contributed by atoms with Crippen LogP contribution in [0.3, 0.4) is 0 Å². The zero-order chi connectivity index (χ0) is 44.8. The second kappa shape index (κ2) is 15.3. The molecule has 1 aromatic heterocycles. The van der Waals surface area contributed by atoms with Crippen LogP contribution in [-0.2, 0) is 5.41 Å². The molecule has 318 valence electrons. The molecule has 12 aromatic rings. The van der Waals surface area contributed by atoms with Gasteiger partial charge in [0.15, 0.2) is 0 Å². The van der Waals surface area contributed by atoms with Crippen molar-refractivity contribution in [3.63, 3.8) is 0 Å². The molecule has 0 spiro atoms. The molecule has 0 saturated carbocycles. The highest BCUT2D eigenvalue weighted by molar-refractivity contribution is 6.99. The van der Waals surface area contributed by atoms with E-state index in [1.165, 1.54) is 76.2 Å². The molecule has 0 fully saturated rings. The first kappa shape index (κ1) is 38.7. The lowest BCUT2D eigenvalue weighted by atomic mass is 9.67. The zero-order valence-electron chi connectivity index (χ0n) is 37.2. The Bertz CT molecular complexity index is 3860. The molecular formula is C65H43NOSi. The van der Waals surface area contributed by atoms with Crippen LogP contribution in [-0.4, -0.2) is 8.80 Å². The highest BCUT2D eigenvalue weighted by Crippen LogP contribution is 2.57. The molecule has 14 rings (SSSR count). The fraction of sp³-hybridized carbons (Fsp3) is 0.0154. The molecule has 0 saturated heterocycles. The van der Waals surface area contributed by atoms with Gasteiger partial charge in [0.05, 0.1) is 5.41 Å². The van der Waals surface area contributed by atoms with Crippen LogP contribution >= 0.6 is 0 Å². The van der Waals surface area contributed by atoms with Gasteiger partial charge < -0.3 is 9.32 Å². The van der Waals surface area contributed by atoms with Crippen LogP contribution < -0.4 is 20.5 Å². The zero-order valence-corrected chi connectivity index (χ0v) is 38.3. The average Bonchev–Trinajstić information content (AvgIpc) is 4.07. The minimum Gasteiger partial charge on any atom is -0.456 e. The molecule has 1 aliphatic heterocycles. The Balaban J connectivity index is 0.942. The SMILES string of the molecule is c1ccc(N(c2ccc(-c3cccc4oc5ccc6ccc7c(c6c5c34)-c3ccccc3[SiH]7c3ccccc3)cc2)c2ccc3c(c2)C(c2ccccc2)(c2ccccc2)c2ccccc2-3)cc1. The van der Waals surface area contributed by atoms with E-state index in [9.17, 15) is 0 Å². The first-order valence-corrected chi connectivity index (χ1v) is 25.3. The molecular weight excluding hydrogens is 839 g/mol. The van der Waals surface area contributed by atoms with Gasteiger partial charge in [-0.1, -0.05) is 211 Å². The Morgan fingerprint density at radius 2 is 0.926 bits per heavy atom. The van der Waals surface area contributed by atoms with E-state index in [1.807, 2.05) is 0 Å². The van der Waals surface area contributed by atoms with Gasteiger partial charge in [-0.2, -0.15) is 0 Å². The summed E-state index contributed by atoms with van der Waals surface area (Å²) in [5.41, 5.74) is 17.3. The van der Waals surface area contributed by atoms with Gasteiger partial charge in [-0.05, 0) is 120 Å².